The number of hydrogen-bond donors (Lipinski definition) is 2. The van der Waals surface area contributed by atoms with Gasteiger partial charge in [0.05, 0.1) is 10.3 Å². The van der Waals surface area contributed by atoms with Gasteiger partial charge in [0.15, 0.2) is 0 Å². The standard InChI is InChI=1S/C20H25N2O2PS2/c1-12(2)15-10-18(26-11-15)25(21)27-24-20(23)22-19-16-7-3-5-13(16)9-14-6-4-8-17(14)19/h9-12H,3-8,21H2,1-2H3,(H,22,23). The van der Waals surface area contributed by atoms with Gasteiger partial charge in [-0.15, -0.1) is 11.3 Å². The molecule has 1 aromatic carbocycles. The number of nitrogens with two attached hydrogens (primary N) is 1. The minimum absolute atomic E-state index is 0.409. The van der Waals surface area contributed by atoms with Gasteiger partial charge in [0.2, 0.25) is 0 Å². The third kappa shape index (κ3) is 4.04. The molecule has 0 spiro atoms. The van der Waals surface area contributed by atoms with E-state index in [0.717, 1.165) is 47.7 Å². The van der Waals surface area contributed by atoms with E-state index in [0.29, 0.717) is 5.92 Å². The van der Waals surface area contributed by atoms with Crippen LogP contribution in [-0.4, -0.2) is 6.09 Å². The first kappa shape index (κ1) is 19.3. The highest BCUT2D eigenvalue weighted by Gasteiger charge is 2.25. The van der Waals surface area contributed by atoms with Gasteiger partial charge in [-0.2, -0.15) is 0 Å². The lowest BCUT2D eigenvalue weighted by Gasteiger charge is -2.16. The second kappa shape index (κ2) is 8.12. The SMILES string of the molecule is CC(C)c1csc(P(N)SOC(=O)Nc2c3c(cc4c2CCC4)CCC3)c1. The van der Waals surface area contributed by atoms with Crippen molar-refractivity contribution in [2.24, 2.45) is 5.50 Å². The van der Waals surface area contributed by atoms with Crippen molar-refractivity contribution >= 4 is 46.7 Å². The summed E-state index contributed by atoms with van der Waals surface area (Å²) in [5, 5.41) is 5.19. The molecule has 0 fully saturated rings. The smallest absolute Gasteiger partial charge is 0.369 e. The highest BCUT2D eigenvalue weighted by molar-refractivity contribution is 8.55. The van der Waals surface area contributed by atoms with Gasteiger partial charge < -0.3 is 4.18 Å². The summed E-state index contributed by atoms with van der Waals surface area (Å²) in [5.74, 6) is 0.481. The Morgan fingerprint density at radius 3 is 2.44 bits per heavy atom. The number of anilines is 1. The molecule has 4 rings (SSSR count). The van der Waals surface area contributed by atoms with Gasteiger partial charge in [0.25, 0.3) is 0 Å². The first-order valence-electron chi connectivity index (χ1n) is 9.48. The molecule has 1 amide bonds. The lowest BCUT2D eigenvalue weighted by atomic mass is 9.99. The van der Waals surface area contributed by atoms with Crippen LogP contribution in [0, 0.1) is 0 Å². The van der Waals surface area contributed by atoms with E-state index in [1.807, 2.05) is 0 Å². The van der Waals surface area contributed by atoms with E-state index in [4.69, 9.17) is 9.69 Å². The molecule has 0 saturated heterocycles. The maximum Gasteiger partial charge on any atom is 0.424 e. The number of thiophene rings is 1. The van der Waals surface area contributed by atoms with E-state index < -0.39 is 13.4 Å². The summed E-state index contributed by atoms with van der Waals surface area (Å²) in [7, 11) is -1.04. The van der Waals surface area contributed by atoms with Crippen molar-refractivity contribution in [1.29, 1.82) is 0 Å². The molecular formula is C20H25N2O2PS2. The zero-order valence-electron chi connectivity index (χ0n) is 15.7. The molecule has 2 aliphatic carbocycles. The second-order valence-electron chi connectivity index (χ2n) is 7.50. The van der Waals surface area contributed by atoms with Crippen molar-refractivity contribution in [3.05, 3.63) is 45.3 Å². The molecule has 1 atom stereocenters. The molecule has 2 aliphatic rings. The zero-order valence-corrected chi connectivity index (χ0v) is 18.2. The lowest BCUT2D eigenvalue weighted by Crippen LogP contribution is -2.14. The number of fused-ring (bicyclic) bond motifs is 2. The molecule has 0 bridgehead atoms. The average Bonchev–Trinajstić information content (AvgIpc) is 3.38. The summed E-state index contributed by atoms with van der Waals surface area (Å²) in [5.41, 5.74) is 14.0. The molecule has 0 saturated carbocycles. The van der Waals surface area contributed by atoms with Crippen LogP contribution >= 0.6 is 30.3 Å². The molecule has 0 radical (unpaired) electrons. The van der Waals surface area contributed by atoms with E-state index in [9.17, 15) is 4.79 Å². The minimum atomic E-state index is -1.04. The molecular weight excluding hydrogens is 395 g/mol. The molecule has 27 heavy (non-hydrogen) atoms. The highest BCUT2D eigenvalue weighted by Crippen LogP contribution is 2.44. The Balaban J connectivity index is 1.41. The fourth-order valence-corrected chi connectivity index (χ4v) is 7.36. The van der Waals surface area contributed by atoms with Crippen molar-refractivity contribution in [1.82, 2.24) is 0 Å². The number of benzene rings is 1. The topological polar surface area (TPSA) is 64.3 Å². The van der Waals surface area contributed by atoms with Crippen molar-refractivity contribution in [3.8, 4) is 0 Å². The largest absolute Gasteiger partial charge is 0.424 e. The fourth-order valence-electron chi connectivity index (χ4n) is 3.96. The van der Waals surface area contributed by atoms with Gasteiger partial charge in [-0.1, -0.05) is 19.9 Å². The van der Waals surface area contributed by atoms with Gasteiger partial charge in [0, 0.05) is 0 Å². The Bertz CT molecular complexity index is 834. The van der Waals surface area contributed by atoms with Crippen molar-refractivity contribution < 1.29 is 8.98 Å². The number of aryl methyl sites for hydroxylation is 2. The Morgan fingerprint density at radius 2 is 1.85 bits per heavy atom. The van der Waals surface area contributed by atoms with Gasteiger partial charge in [-0.05, 0) is 83.7 Å². The van der Waals surface area contributed by atoms with Gasteiger partial charge in [-0.3, -0.25) is 10.8 Å². The van der Waals surface area contributed by atoms with Crippen molar-refractivity contribution in [2.75, 3.05) is 5.32 Å². The number of amides is 1. The minimum Gasteiger partial charge on any atom is -0.369 e. The Kier molecular flexibility index (Phi) is 5.79. The van der Waals surface area contributed by atoms with E-state index in [1.165, 1.54) is 40.7 Å². The molecule has 1 heterocycles. The maximum atomic E-state index is 12.5. The summed E-state index contributed by atoms with van der Waals surface area (Å²) in [4.78, 5) is 12.5. The summed E-state index contributed by atoms with van der Waals surface area (Å²) in [6.07, 6.45) is 6.25. The summed E-state index contributed by atoms with van der Waals surface area (Å²) >= 11 is 2.73. The Labute approximate surface area is 170 Å². The molecule has 1 unspecified atom stereocenters. The number of nitrogens with one attached hydrogen (secondary N) is 1. The Morgan fingerprint density at radius 1 is 1.19 bits per heavy atom. The third-order valence-corrected chi connectivity index (χ3v) is 9.63. The van der Waals surface area contributed by atoms with Gasteiger partial charge in [0.1, 0.15) is 18.9 Å². The number of rotatable bonds is 5. The van der Waals surface area contributed by atoms with Crippen LogP contribution in [0.5, 0.6) is 0 Å². The normalized spacial score (nSPS) is 16.3. The highest BCUT2D eigenvalue weighted by atomic mass is 32.7. The summed E-state index contributed by atoms with van der Waals surface area (Å²) in [6.45, 7) is 4.33. The van der Waals surface area contributed by atoms with Crippen molar-refractivity contribution in [2.45, 2.75) is 58.3 Å². The predicted molar refractivity (Wildman–Crippen MR) is 117 cm³/mol. The van der Waals surface area contributed by atoms with Crippen LogP contribution in [0.4, 0.5) is 10.5 Å². The quantitative estimate of drug-likeness (QED) is 0.485. The lowest BCUT2D eigenvalue weighted by molar-refractivity contribution is 0.223. The van der Waals surface area contributed by atoms with Crippen LogP contribution in [0.15, 0.2) is 17.5 Å². The molecule has 1 aromatic heterocycles. The van der Waals surface area contributed by atoms with Crippen LogP contribution in [0.25, 0.3) is 0 Å². The molecule has 4 nitrogen and oxygen atoms in total. The van der Waals surface area contributed by atoms with Crippen LogP contribution < -0.4 is 15.4 Å². The molecule has 2 aromatic rings. The van der Waals surface area contributed by atoms with Gasteiger partial charge >= 0.3 is 6.09 Å². The first-order valence-corrected chi connectivity index (χ1v) is 13.1. The number of carbonyl (C=O) groups is 1. The summed E-state index contributed by atoms with van der Waals surface area (Å²) in [6, 6.07) is 4.49. The van der Waals surface area contributed by atoms with Crippen LogP contribution in [-0.2, 0) is 29.9 Å². The van der Waals surface area contributed by atoms with Crippen LogP contribution in [0.3, 0.4) is 0 Å². The Hall–Kier alpha value is -1.07. The average molecular weight is 421 g/mol. The van der Waals surface area contributed by atoms with Crippen molar-refractivity contribution in [3.63, 3.8) is 0 Å². The van der Waals surface area contributed by atoms with Crippen LogP contribution in [0.2, 0.25) is 0 Å². The van der Waals surface area contributed by atoms with E-state index in [1.54, 1.807) is 11.3 Å². The number of hydrogen-bond acceptors (Lipinski definition) is 5. The maximum absolute atomic E-state index is 12.5. The number of carbonyl (C=O) groups excluding carboxylic acids is 1. The predicted octanol–water partition coefficient (Wildman–Crippen LogP) is 5.64. The second-order valence-corrected chi connectivity index (χ2v) is 11.8. The summed E-state index contributed by atoms with van der Waals surface area (Å²) < 4.78 is 6.52. The monoisotopic (exact) mass is 420 g/mol. The van der Waals surface area contributed by atoms with E-state index >= 15 is 0 Å². The van der Waals surface area contributed by atoms with E-state index in [2.05, 4.69) is 36.7 Å². The zero-order chi connectivity index (χ0) is 19.0. The van der Waals surface area contributed by atoms with E-state index in [-0.39, 0.29) is 0 Å². The molecule has 0 aliphatic heterocycles. The first-order chi connectivity index (χ1) is 13.0. The van der Waals surface area contributed by atoms with Gasteiger partial charge in [-0.25, -0.2) is 4.79 Å². The fraction of sp³-hybridized carbons (Fsp3) is 0.450. The van der Waals surface area contributed by atoms with Crippen LogP contribution in [0.1, 0.15) is 60.4 Å². The molecule has 144 valence electrons. The molecule has 3 N–H and O–H groups in total. The third-order valence-electron chi connectivity index (χ3n) is 5.38. The molecule has 7 heteroatoms.